The number of halogens is 1. The Kier molecular flexibility index (Phi) is 7.93. The van der Waals surface area contributed by atoms with Gasteiger partial charge in [-0.2, -0.15) is 0 Å². The molecule has 3 rings (SSSR count). The van der Waals surface area contributed by atoms with E-state index in [-0.39, 0.29) is 29.3 Å². The van der Waals surface area contributed by atoms with Crippen LogP contribution in [0.2, 0.25) is 0 Å². The van der Waals surface area contributed by atoms with Crippen LogP contribution in [0.3, 0.4) is 0 Å². The first-order valence-corrected chi connectivity index (χ1v) is 13.4. The van der Waals surface area contributed by atoms with Crippen molar-refractivity contribution in [2.75, 3.05) is 7.11 Å². The average molecular weight is 544 g/mol. The van der Waals surface area contributed by atoms with Gasteiger partial charge in [0.05, 0.1) is 0 Å². The first kappa shape index (κ1) is 23.8. The van der Waals surface area contributed by atoms with Crippen LogP contribution in [-0.2, 0) is 3.07 Å². The molecule has 32 heavy (non-hydrogen) atoms. The Hall–Kier alpha value is -2.84. The van der Waals surface area contributed by atoms with Crippen molar-refractivity contribution in [1.82, 2.24) is 0 Å². The molecule has 0 bridgehead atoms. The SMILES string of the molecule is CCC(=O)c1ccc(O)c(C(=O)C(C(=O)c2ccc(C)cc2)I(OC)c2ccccc2)c1. The molecule has 1 atom stereocenters. The second kappa shape index (κ2) is 10.7. The normalized spacial score (nSPS) is 12.2. The summed E-state index contributed by atoms with van der Waals surface area (Å²) in [6.45, 7) is 3.65. The fraction of sp³-hybridized carbons (Fsp3) is 0.192. The molecule has 0 radical (unpaired) electrons. The summed E-state index contributed by atoms with van der Waals surface area (Å²) in [5.41, 5.74) is 1.69. The average Bonchev–Trinajstić information content (AvgIpc) is 2.82. The van der Waals surface area contributed by atoms with Crippen molar-refractivity contribution in [3.63, 3.8) is 0 Å². The van der Waals surface area contributed by atoms with Gasteiger partial charge in [-0.05, 0) is 0 Å². The summed E-state index contributed by atoms with van der Waals surface area (Å²) in [6.07, 6.45) is 0.269. The summed E-state index contributed by atoms with van der Waals surface area (Å²) < 4.78 is 5.54. The topological polar surface area (TPSA) is 80.7 Å². The van der Waals surface area contributed by atoms with Gasteiger partial charge in [-0.3, -0.25) is 0 Å². The molecule has 166 valence electrons. The van der Waals surface area contributed by atoms with Crippen LogP contribution in [0.4, 0.5) is 0 Å². The van der Waals surface area contributed by atoms with E-state index < -0.39 is 29.9 Å². The summed E-state index contributed by atoms with van der Waals surface area (Å²) >= 11 is -2.84. The maximum absolute atomic E-state index is 13.8. The van der Waals surface area contributed by atoms with Gasteiger partial charge < -0.3 is 0 Å². The Bertz CT molecular complexity index is 1120. The molecule has 0 saturated heterocycles. The number of hydrogen-bond donors (Lipinski definition) is 1. The van der Waals surface area contributed by atoms with E-state index >= 15 is 0 Å². The minimum atomic E-state index is -2.84. The van der Waals surface area contributed by atoms with Crippen LogP contribution in [-0.4, -0.2) is 33.5 Å². The predicted octanol–water partition coefficient (Wildman–Crippen LogP) is 5.67. The van der Waals surface area contributed by atoms with E-state index in [2.05, 4.69) is 0 Å². The number of phenolic OH excluding ortho intramolecular Hbond substituents is 1. The quantitative estimate of drug-likeness (QED) is 0.163. The fourth-order valence-corrected chi connectivity index (χ4v) is 7.84. The number of hydrogen-bond acceptors (Lipinski definition) is 5. The number of ketones is 3. The maximum atomic E-state index is 13.8. The van der Waals surface area contributed by atoms with Gasteiger partial charge >= 0.3 is 196 Å². The third kappa shape index (κ3) is 5.14. The van der Waals surface area contributed by atoms with Gasteiger partial charge in [-0.1, -0.05) is 0 Å². The van der Waals surface area contributed by atoms with Crippen LogP contribution in [0.1, 0.15) is 50.0 Å². The molecule has 0 amide bonds. The Labute approximate surface area is 195 Å². The van der Waals surface area contributed by atoms with E-state index in [0.29, 0.717) is 11.1 Å². The Morgan fingerprint density at radius 2 is 1.53 bits per heavy atom. The van der Waals surface area contributed by atoms with Crippen molar-refractivity contribution < 1.29 is 22.6 Å². The Morgan fingerprint density at radius 3 is 2.12 bits per heavy atom. The van der Waals surface area contributed by atoms with E-state index in [9.17, 15) is 19.5 Å². The number of alkyl halides is 1. The van der Waals surface area contributed by atoms with Gasteiger partial charge in [-0.25, -0.2) is 0 Å². The third-order valence-corrected chi connectivity index (χ3v) is 10.2. The summed E-state index contributed by atoms with van der Waals surface area (Å²) in [6, 6.07) is 20.5. The zero-order valence-corrected chi connectivity index (χ0v) is 20.3. The van der Waals surface area contributed by atoms with Crippen LogP contribution in [0.5, 0.6) is 5.75 Å². The van der Waals surface area contributed by atoms with Gasteiger partial charge in [0, 0.05) is 0 Å². The first-order valence-electron chi connectivity index (χ1n) is 10.2. The van der Waals surface area contributed by atoms with Crippen LogP contribution in [0.15, 0.2) is 72.8 Å². The molecule has 1 unspecified atom stereocenters. The minimum absolute atomic E-state index is 0.0370. The van der Waals surface area contributed by atoms with E-state index in [0.717, 1.165) is 9.13 Å². The zero-order chi connectivity index (χ0) is 23.3. The number of Topliss-reactive ketones (excluding diaryl/α,β-unsaturated/α-hetero) is 3. The van der Waals surface area contributed by atoms with Crippen molar-refractivity contribution in [2.45, 2.75) is 24.2 Å². The molecule has 1 N–H and O–H groups in total. The van der Waals surface area contributed by atoms with E-state index in [4.69, 9.17) is 3.07 Å². The van der Waals surface area contributed by atoms with Gasteiger partial charge in [-0.15, -0.1) is 0 Å². The van der Waals surface area contributed by atoms with Gasteiger partial charge in [0.1, 0.15) is 0 Å². The molecule has 0 heterocycles. The standard InChI is InChI=1S/C26H25IO5/c1-4-22(28)19-14-15-23(29)21(16-19)26(31)24(25(30)18-12-10-17(2)11-13-18)27(32-3)20-8-6-5-7-9-20/h5-16,24,29H,4H2,1-3H3. The molecule has 0 aliphatic rings. The number of aryl methyl sites for hydroxylation is 1. The monoisotopic (exact) mass is 544 g/mol. The zero-order valence-electron chi connectivity index (χ0n) is 18.2. The molecule has 3 aromatic rings. The van der Waals surface area contributed by atoms with Crippen molar-refractivity contribution in [3.8, 4) is 5.75 Å². The third-order valence-electron chi connectivity index (χ3n) is 5.01. The number of carbonyl (C=O) groups is 3. The molecular formula is C26H25IO5. The Morgan fingerprint density at radius 1 is 0.906 bits per heavy atom. The van der Waals surface area contributed by atoms with Crippen molar-refractivity contribution in [3.05, 3.63) is 98.6 Å². The molecule has 6 heteroatoms. The van der Waals surface area contributed by atoms with E-state index in [1.807, 2.05) is 49.4 Å². The predicted molar refractivity (Wildman–Crippen MR) is 133 cm³/mol. The van der Waals surface area contributed by atoms with Gasteiger partial charge in [0.15, 0.2) is 0 Å². The molecule has 0 aliphatic carbocycles. The van der Waals surface area contributed by atoms with Crippen LogP contribution in [0.25, 0.3) is 0 Å². The van der Waals surface area contributed by atoms with E-state index in [1.54, 1.807) is 19.1 Å². The van der Waals surface area contributed by atoms with Crippen molar-refractivity contribution >= 4 is 37.6 Å². The number of rotatable bonds is 9. The fourth-order valence-electron chi connectivity index (χ4n) is 3.25. The van der Waals surface area contributed by atoms with Crippen molar-refractivity contribution in [2.24, 2.45) is 0 Å². The van der Waals surface area contributed by atoms with Gasteiger partial charge in [0.25, 0.3) is 0 Å². The van der Waals surface area contributed by atoms with Crippen LogP contribution < -0.4 is 0 Å². The second-order valence-corrected chi connectivity index (χ2v) is 12.1. The van der Waals surface area contributed by atoms with Crippen LogP contribution >= 0.6 is 20.2 Å². The molecule has 5 nitrogen and oxygen atoms in total. The van der Waals surface area contributed by atoms with E-state index in [1.165, 1.54) is 25.3 Å². The number of carbonyl (C=O) groups excluding carboxylic acids is 3. The molecular weight excluding hydrogens is 519 g/mol. The van der Waals surface area contributed by atoms with Crippen molar-refractivity contribution in [1.29, 1.82) is 0 Å². The van der Waals surface area contributed by atoms with Crippen LogP contribution in [0, 0.1) is 10.5 Å². The molecule has 0 aromatic heterocycles. The van der Waals surface area contributed by atoms with Gasteiger partial charge in [0.2, 0.25) is 0 Å². The first-order chi connectivity index (χ1) is 15.4. The second-order valence-electron chi connectivity index (χ2n) is 7.19. The number of benzene rings is 3. The number of phenols is 1. The summed E-state index contributed by atoms with van der Waals surface area (Å²) in [5, 5.41) is 10.5. The summed E-state index contributed by atoms with van der Waals surface area (Å²) in [5.74, 6) is -1.29. The molecule has 0 aliphatic heterocycles. The molecule has 0 fully saturated rings. The molecule has 0 spiro atoms. The molecule has 0 saturated carbocycles. The summed E-state index contributed by atoms with van der Waals surface area (Å²) in [7, 11) is 1.51. The number of aromatic hydroxyl groups is 1. The summed E-state index contributed by atoms with van der Waals surface area (Å²) in [4.78, 5) is 39.6. The Balaban J connectivity index is 2.13. The molecule has 3 aromatic carbocycles.